The number of nitrogens with zero attached hydrogens (tertiary/aromatic N) is 1. The Labute approximate surface area is 155 Å². The molecule has 150 valence electrons. The lowest BCUT2D eigenvalue weighted by molar-refractivity contribution is -0.137. The monoisotopic (exact) mass is 391 g/mol. The molecule has 0 aliphatic carbocycles. The number of amides is 1. The first-order valence-electron chi connectivity index (χ1n) is 8.42. The summed E-state index contributed by atoms with van der Waals surface area (Å²) < 4.78 is 66.7. The SMILES string of the molecule is CCN(Cc1cc(F)c(B2OC(C)(C)C(C)(C)O2)c(C(F)(F)F)c1)C(=O)O. The van der Waals surface area contributed by atoms with E-state index in [2.05, 4.69) is 0 Å². The van der Waals surface area contributed by atoms with E-state index in [1.807, 2.05) is 0 Å². The van der Waals surface area contributed by atoms with Crippen LogP contribution in [-0.4, -0.2) is 41.0 Å². The molecule has 10 heteroatoms. The number of hydrogen-bond donors (Lipinski definition) is 1. The fraction of sp³-hybridized carbons (Fsp3) is 0.588. The van der Waals surface area contributed by atoms with Crippen molar-refractivity contribution in [2.75, 3.05) is 6.54 Å². The smallest absolute Gasteiger partial charge is 0.465 e. The molecule has 0 atom stereocenters. The second-order valence-corrected chi connectivity index (χ2v) is 7.42. The average Bonchev–Trinajstić information content (AvgIpc) is 2.70. The zero-order valence-electron chi connectivity index (χ0n) is 15.8. The minimum Gasteiger partial charge on any atom is -0.465 e. The highest BCUT2D eigenvalue weighted by Crippen LogP contribution is 2.38. The zero-order valence-corrected chi connectivity index (χ0v) is 15.8. The first-order chi connectivity index (χ1) is 12.2. The molecule has 1 fully saturated rings. The van der Waals surface area contributed by atoms with Crippen molar-refractivity contribution in [3.63, 3.8) is 0 Å². The van der Waals surface area contributed by atoms with E-state index in [-0.39, 0.29) is 18.7 Å². The van der Waals surface area contributed by atoms with Gasteiger partial charge >= 0.3 is 19.4 Å². The molecule has 1 N–H and O–H groups in total. The standard InChI is InChI=1S/C17H22BF4NO4/c1-6-23(14(24)25)9-10-7-11(17(20,21)22)13(12(19)8-10)18-26-15(2,3)16(4,5)27-18/h7-8H,6,9H2,1-5H3,(H,24,25). The molecule has 27 heavy (non-hydrogen) atoms. The summed E-state index contributed by atoms with van der Waals surface area (Å²) in [6.45, 7) is 7.83. The van der Waals surface area contributed by atoms with Gasteiger partial charge in [0, 0.05) is 18.6 Å². The van der Waals surface area contributed by atoms with Crippen LogP contribution in [0.25, 0.3) is 0 Å². The van der Waals surface area contributed by atoms with Crippen LogP contribution in [0.2, 0.25) is 0 Å². The lowest BCUT2D eigenvalue weighted by atomic mass is 9.74. The van der Waals surface area contributed by atoms with Crippen molar-refractivity contribution in [3.05, 3.63) is 29.1 Å². The summed E-state index contributed by atoms with van der Waals surface area (Å²) in [5.74, 6) is -1.15. The van der Waals surface area contributed by atoms with Crippen LogP contribution in [0, 0.1) is 5.82 Å². The van der Waals surface area contributed by atoms with Gasteiger partial charge in [0.1, 0.15) is 5.82 Å². The molecule has 0 aromatic heterocycles. The molecular formula is C17H22BF4NO4. The third-order valence-electron chi connectivity index (χ3n) is 5.01. The number of halogens is 4. The van der Waals surface area contributed by atoms with Crippen LogP contribution < -0.4 is 5.46 Å². The van der Waals surface area contributed by atoms with Gasteiger partial charge in [-0.3, -0.25) is 0 Å². The number of rotatable bonds is 4. The van der Waals surface area contributed by atoms with Crippen LogP contribution in [0.3, 0.4) is 0 Å². The van der Waals surface area contributed by atoms with Gasteiger partial charge in [-0.05, 0) is 52.3 Å². The lowest BCUT2D eigenvalue weighted by Crippen LogP contribution is -2.41. The number of hydrogen-bond acceptors (Lipinski definition) is 3. The minimum absolute atomic E-state index is 0.0529. The number of carbonyl (C=O) groups is 1. The third kappa shape index (κ3) is 4.21. The van der Waals surface area contributed by atoms with E-state index in [0.717, 1.165) is 17.0 Å². The van der Waals surface area contributed by atoms with Crippen LogP contribution in [0.5, 0.6) is 0 Å². The third-order valence-corrected chi connectivity index (χ3v) is 5.01. The van der Waals surface area contributed by atoms with Gasteiger partial charge in [-0.15, -0.1) is 0 Å². The summed E-state index contributed by atoms with van der Waals surface area (Å²) in [4.78, 5) is 12.0. The summed E-state index contributed by atoms with van der Waals surface area (Å²) in [6.07, 6.45) is -6.17. The second-order valence-electron chi connectivity index (χ2n) is 7.42. The molecule has 0 spiro atoms. The summed E-state index contributed by atoms with van der Waals surface area (Å²) in [5, 5.41) is 9.05. The van der Waals surface area contributed by atoms with Crippen molar-refractivity contribution in [3.8, 4) is 0 Å². The first-order valence-corrected chi connectivity index (χ1v) is 8.42. The molecule has 1 aromatic rings. The van der Waals surface area contributed by atoms with E-state index in [1.54, 1.807) is 27.7 Å². The highest BCUT2D eigenvalue weighted by atomic mass is 19.4. The van der Waals surface area contributed by atoms with Crippen LogP contribution in [-0.2, 0) is 22.0 Å². The second kappa shape index (κ2) is 6.98. The Morgan fingerprint density at radius 2 is 1.70 bits per heavy atom. The molecule has 1 saturated heterocycles. The summed E-state index contributed by atoms with van der Waals surface area (Å²) >= 11 is 0. The molecule has 1 aliphatic heterocycles. The maximum atomic E-state index is 14.7. The fourth-order valence-electron chi connectivity index (χ4n) is 2.74. The predicted molar refractivity (Wildman–Crippen MR) is 91.2 cm³/mol. The van der Waals surface area contributed by atoms with Crippen LogP contribution >= 0.6 is 0 Å². The molecule has 0 radical (unpaired) electrons. The Morgan fingerprint density at radius 3 is 2.11 bits per heavy atom. The van der Waals surface area contributed by atoms with Gasteiger partial charge < -0.3 is 19.3 Å². The zero-order chi connectivity index (χ0) is 20.8. The fourth-order valence-corrected chi connectivity index (χ4v) is 2.74. The topological polar surface area (TPSA) is 59.0 Å². The van der Waals surface area contributed by atoms with Crippen molar-refractivity contribution in [2.45, 2.75) is 58.5 Å². The highest BCUT2D eigenvalue weighted by molar-refractivity contribution is 6.62. The van der Waals surface area contributed by atoms with E-state index >= 15 is 0 Å². The molecule has 1 aromatic carbocycles. The predicted octanol–water partition coefficient (Wildman–Crippen LogP) is 3.64. The van der Waals surface area contributed by atoms with Crippen molar-refractivity contribution in [1.29, 1.82) is 0 Å². The molecule has 0 unspecified atom stereocenters. The molecule has 2 rings (SSSR count). The van der Waals surface area contributed by atoms with Gasteiger partial charge in [0.25, 0.3) is 0 Å². The van der Waals surface area contributed by atoms with Crippen molar-refractivity contribution in [1.82, 2.24) is 4.90 Å². The lowest BCUT2D eigenvalue weighted by Gasteiger charge is -2.32. The van der Waals surface area contributed by atoms with Gasteiger partial charge in [-0.25, -0.2) is 9.18 Å². The Hall–Kier alpha value is -1.81. The Bertz CT molecular complexity index is 720. The van der Waals surface area contributed by atoms with Crippen molar-refractivity contribution in [2.24, 2.45) is 0 Å². The van der Waals surface area contributed by atoms with Crippen LogP contribution in [0.15, 0.2) is 12.1 Å². The summed E-state index contributed by atoms with van der Waals surface area (Å²) in [7, 11) is -1.53. The largest absolute Gasteiger partial charge is 0.498 e. The Kier molecular flexibility index (Phi) is 5.55. The summed E-state index contributed by atoms with van der Waals surface area (Å²) in [6, 6.07) is 1.64. The van der Waals surface area contributed by atoms with Gasteiger partial charge in [0.15, 0.2) is 0 Å². The van der Waals surface area contributed by atoms with Crippen molar-refractivity contribution >= 4 is 18.7 Å². The van der Waals surface area contributed by atoms with Gasteiger partial charge in [-0.2, -0.15) is 13.2 Å². The van der Waals surface area contributed by atoms with Crippen molar-refractivity contribution < 1.29 is 36.8 Å². The van der Waals surface area contributed by atoms with E-state index in [0.29, 0.717) is 0 Å². The average molecular weight is 391 g/mol. The van der Waals surface area contributed by atoms with Crippen LogP contribution in [0.1, 0.15) is 45.7 Å². The van der Waals surface area contributed by atoms with E-state index < -0.39 is 47.4 Å². The maximum Gasteiger partial charge on any atom is 0.498 e. The molecule has 0 saturated carbocycles. The van der Waals surface area contributed by atoms with Crippen LogP contribution in [0.4, 0.5) is 22.4 Å². The Morgan fingerprint density at radius 1 is 1.19 bits per heavy atom. The van der Waals surface area contributed by atoms with Gasteiger partial charge in [0.2, 0.25) is 0 Å². The van der Waals surface area contributed by atoms with E-state index in [1.165, 1.54) is 6.92 Å². The van der Waals surface area contributed by atoms with Gasteiger partial charge in [0.05, 0.1) is 16.8 Å². The minimum atomic E-state index is -4.87. The molecule has 1 amide bonds. The van der Waals surface area contributed by atoms with E-state index in [4.69, 9.17) is 14.4 Å². The Balaban J connectivity index is 2.52. The molecule has 1 aliphatic rings. The number of alkyl halides is 3. The molecule has 0 bridgehead atoms. The normalized spacial score (nSPS) is 18.6. The van der Waals surface area contributed by atoms with E-state index in [9.17, 15) is 22.4 Å². The van der Waals surface area contributed by atoms with Gasteiger partial charge in [-0.1, -0.05) is 0 Å². The number of carboxylic acid groups (broad SMARTS) is 1. The molecule has 5 nitrogen and oxygen atoms in total. The first kappa shape index (κ1) is 21.5. The maximum absolute atomic E-state index is 14.7. The number of benzene rings is 1. The quantitative estimate of drug-likeness (QED) is 0.629. The molecule has 1 heterocycles. The highest BCUT2D eigenvalue weighted by Gasteiger charge is 2.54. The summed E-state index contributed by atoms with van der Waals surface area (Å²) in [5.41, 5.74) is -3.95. The molecular weight excluding hydrogens is 369 g/mol.